The van der Waals surface area contributed by atoms with Gasteiger partial charge in [0.2, 0.25) is 0 Å². The first-order valence-corrected chi connectivity index (χ1v) is 6.74. The minimum absolute atomic E-state index is 0.476. The van der Waals surface area contributed by atoms with Gasteiger partial charge in [0.1, 0.15) is 0 Å². The van der Waals surface area contributed by atoms with Gasteiger partial charge in [-0.05, 0) is 26.8 Å². The molecule has 0 aromatic heterocycles. The van der Waals surface area contributed by atoms with Crippen LogP contribution < -0.4 is 5.32 Å². The van der Waals surface area contributed by atoms with Crippen molar-refractivity contribution in [1.82, 2.24) is 10.2 Å². The van der Waals surface area contributed by atoms with Crippen molar-refractivity contribution < 1.29 is 9.47 Å². The maximum Gasteiger partial charge on any atom is 0.0620 e. The number of ether oxygens (including phenoxy) is 2. The average molecular weight is 244 g/mol. The monoisotopic (exact) mass is 244 g/mol. The Morgan fingerprint density at radius 1 is 1.41 bits per heavy atom. The predicted octanol–water partition coefficient (Wildman–Crippen LogP) is 1.11. The van der Waals surface area contributed by atoms with Crippen LogP contribution in [-0.4, -0.2) is 63.0 Å². The van der Waals surface area contributed by atoms with Crippen LogP contribution in [0, 0.1) is 0 Å². The van der Waals surface area contributed by atoms with Gasteiger partial charge in [-0.15, -0.1) is 0 Å². The van der Waals surface area contributed by atoms with Gasteiger partial charge in [0, 0.05) is 31.8 Å². The Hall–Kier alpha value is -0.160. The summed E-state index contributed by atoms with van der Waals surface area (Å²) in [5, 5.41) is 3.52. The molecule has 0 bridgehead atoms. The molecule has 0 aromatic carbocycles. The smallest absolute Gasteiger partial charge is 0.0620 e. The second-order valence-electron chi connectivity index (χ2n) is 4.95. The van der Waals surface area contributed by atoms with Gasteiger partial charge >= 0.3 is 0 Å². The molecule has 1 heterocycles. The Labute approximate surface area is 106 Å². The Bertz CT molecular complexity index is 196. The van der Waals surface area contributed by atoms with Crippen LogP contribution in [0.25, 0.3) is 0 Å². The minimum atomic E-state index is 0.476. The van der Waals surface area contributed by atoms with Crippen molar-refractivity contribution in [2.24, 2.45) is 0 Å². The minimum Gasteiger partial charge on any atom is -0.383 e. The highest BCUT2D eigenvalue weighted by Crippen LogP contribution is 2.12. The van der Waals surface area contributed by atoms with Crippen LogP contribution in [0.5, 0.6) is 0 Å². The Morgan fingerprint density at radius 2 is 2.18 bits per heavy atom. The van der Waals surface area contributed by atoms with Crippen LogP contribution in [0.1, 0.15) is 27.2 Å². The number of nitrogens with zero attached hydrogens (tertiary/aromatic N) is 1. The maximum absolute atomic E-state index is 5.50. The zero-order valence-electron chi connectivity index (χ0n) is 11.7. The summed E-state index contributed by atoms with van der Waals surface area (Å²) in [6.45, 7) is 11.3. The summed E-state index contributed by atoms with van der Waals surface area (Å²) in [4.78, 5) is 2.50. The molecule has 17 heavy (non-hydrogen) atoms. The standard InChI is InChI=1S/C13H28N2O2/c1-5-15(12(3)9-16-4)11(2)8-13-10-17-7-6-14-13/h11-14H,5-10H2,1-4H3. The van der Waals surface area contributed by atoms with E-state index in [9.17, 15) is 0 Å². The number of likely N-dealkylation sites (N-methyl/N-ethyl adjacent to an activating group) is 1. The molecule has 0 radical (unpaired) electrons. The molecule has 1 rings (SSSR count). The lowest BCUT2D eigenvalue weighted by Gasteiger charge is -2.36. The van der Waals surface area contributed by atoms with Crippen molar-refractivity contribution >= 4 is 0 Å². The number of hydrogen-bond acceptors (Lipinski definition) is 4. The van der Waals surface area contributed by atoms with Gasteiger partial charge < -0.3 is 14.8 Å². The topological polar surface area (TPSA) is 33.7 Å². The number of nitrogens with one attached hydrogen (secondary N) is 1. The molecule has 0 spiro atoms. The fourth-order valence-electron chi connectivity index (χ4n) is 2.71. The molecule has 1 N–H and O–H groups in total. The molecule has 4 heteroatoms. The third-order valence-corrected chi connectivity index (χ3v) is 3.53. The third-order valence-electron chi connectivity index (χ3n) is 3.53. The molecule has 4 nitrogen and oxygen atoms in total. The summed E-state index contributed by atoms with van der Waals surface area (Å²) in [5.41, 5.74) is 0. The van der Waals surface area contributed by atoms with E-state index >= 15 is 0 Å². The van der Waals surface area contributed by atoms with E-state index in [0.717, 1.165) is 39.3 Å². The third kappa shape index (κ3) is 4.92. The first-order valence-electron chi connectivity index (χ1n) is 6.74. The molecule has 1 fully saturated rings. The van der Waals surface area contributed by atoms with Crippen molar-refractivity contribution in [2.75, 3.05) is 40.0 Å². The molecule has 0 amide bonds. The largest absolute Gasteiger partial charge is 0.383 e. The van der Waals surface area contributed by atoms with Crippen LogP contribution in [0.3, 0.4) is 0 Å². The molecule has 102 valence electrons. The van der Waals surface area contributed by atoms with Crippen LogP contribution >= 0.6 is 0 Å². The molecular weight excluding hydrogens is 216 g/mol. The second kappa shape index (κ2) is 8.03. The van der Waals surface area contributed by atoms with Gasteiger partial charge in [0.15, 0.2) is 0 Å². The lowest BCUT2D eigenvalue weighted by Crippen LogP contribution is -2.48. The van der Waals surface area contributed by atoms with Crippen LogP contribution in [0.15, 0.2) is 0 Å². The number of hydrogen-bond donors (Lipinski definition) is 1. The van der Waals surface area contributed by atoms with E-state index < -0.39 is 0 Å². The van der Waals surface area contributed by atoms with Gasteiger partial charge in [-0.25, -0.2) is 0 Å². The number of methoxy groups -OCH3 is 1. The molecule has 0 saturated carbocycles. The highest BCUT2D eigenvalue weighted by atomic mass is 16.5. The zero-order valence-corrected chi connectivity index (χ0v) is 11.7. The molecule has 1 aliphatic rings. The fraction of sp³-hybridized carbons (Fsp3) is 1.00. The molecular formula is C13H28N2O2. The highest BCUT2D eigenvalue weighted by molar-refractivity contribution is 4.79. The van der Waals surface area contributed by atoms with Gasteiger partial charge in [0.25, 0.3) is 0 Å². The quantitative estimate of drug-likeness (QED) is 0.727. The molecule has 0 aromatic rings. The highest BCUT2D eigenvalue weighted by Gasteiger charge is 2.22. The van der Waals surface area contributed by atoms with Crippen LogP contribution in [0.2, 0.25) is 0 Å². The lowest BCUT2D eigenvalue weighted by atomic mass is 10.1. The van der Waals surface area contributed by atoms with Gasteiger partial charge in [-0.2, -0.15) is 0 Å². The van der Waals surface area contributed by atoms with E-state index in [1.54, 1.807) is 7.11 Å². The fourth-order valence-corrected chi connectivity index (χ4v) is 2.71. The molecule has 0 aliphatic carbocycles. The normalized spacial score (nSPS) is 24.9. The van der Waals surface area contributed by atoms with Gasteiger partial charge in [0.05, 0.1) is 19.8 Å². The van der Waals surface area contributed by atoms with E-state index in [1.807, 2.05) is 0 Å². The summed E-state index contributed by atoms with van der Waals surface area (Å²) in [6, 6.07) is 1.54. The molecule has 3 atom stereocenters. The maximum atomic E-state index is 5.50. The van der Waals surface area contributed by atoms with E-state index in [-0.39, 0.29) is 0 Å². The van der Waals surface area contributed by atoms with E-state index in [1.165, 1.54) is 0 Å². The van der Waals surface area contributed by atoms with Crippen molar-refractivity contribution in [3.8, 4) is 0 Å². The Morgan fingerprint density at radius 3 is 2.71 bits per heavy atom. The SMILES string of the molecule is CCN(C(C)COC)C(C)CC1COCCN1. The number of rotatable bonds is 7. The Kier molecular flexibility index (Phi) is 7.04. The van der Waals surface area contributed by atoms with Gasteiger partial charge in [-0.1, -0.05) is 6.92 Å². The van der Waals surface area contributed by atoms with Crippen molar-refractivity contribution in [3.63, 3.8) is 0 Å². The summed E-state index contributed by atoms with van der Waals surface area (Å²) in [7, 11) is 1.77. The summed E-state index contributed by atoms with van der Waals surface area (Å²) >= 11 is 0. The number of morpholine rings is 1. The first-order chi connectivity index (χ1) is 8.19. The van der Waals surface area contributed by atoms with E-state index in [0.29, 0.717) is 18.1 Å². The van der Waals surface area contributed by atoms with E-state index in [2.05, 4.69) is 31.0 Å². The molecule has 1 saturated heterocycles. The van der Waals surface area contributed by atoms with Crippen molar-refractivity contribution in [2.45, 2.75) is 45.3 Å². The zero-order chi connectivity index (χ0) is 12.7. The van der Waals surface area contributed by atoms with Crippen LogP contribution in [-0.2, 0) is 9.47 Å². The average Bonchev–Trinajstić information content (AvgIpc) is 2.31. The predicted molar refractivity (Wildman–Crippen MR) is 70.4 cm³/mol. The van der Waals surface area contributed by atoms with Crippen LogP contribution in [0.4, 0.5) is 0 Å². The molecule has 3 unspecified atom stereocenters. The summed E-state index contributed by atoms with van der Waals surface area (Å²) in [6.07, 6.45) is 1.14. The summed E-state index contributed by atoms with van der Waals surface area (Å²) < 4.78 is 10.7. The van der Waals surface area contributed by atoms with Crippen molar-refractivity contribution in [1.29, 1.82) is 0 Å². The van der Waals surface area contributed by atoms with Crippen molar-refractivity contribution in [3.05, 3.63) is 0 Å². The second-order valence-corrected chi connectivity index (χ2v) is 4.95. The summed E-state index contributed by atoms with van der Waals surface area (Å²) in [5.74, 6) is 0. The first kappa shape index (κ1) is 14.9. The van der Waals surface area contributed by atoms with E-state index in [4.69, 9.17) is 9.47 Å². The van der Waals surface area contributed by atoms with Gasteiger partial charge in [-0.3, -0.25) is 4.90 Å². The Balaban J connectivity index is 2.38. The lowest BCUT2D eigenvalue weighted by molar-refractivity contribution is 0.0436. The molecule has 1 aliphatic heterocycles.